The summed E-state index contributed by atoms with van der Waals surface area (Å²) in [5.74, 6) is -0.805. The predicted octanol–water partition coefficient (Wildman–Crippen LogP) is 1.16. The fourth-order valence-corrected chi connectivity index (χ4v) is 3.52. The number of pyridine rings is 1. The molecule has 1 aliphatic carbocycles. The van der Waals surface area contributed by atoms with Crippen molar-refractivity contribution in [2.75, 3.05) is 25.5 Å². The van der Waals surface area contributed by atoms with E-state index in [9.17, 15) is 9.59 Å². The highest BCUT2D eigenvalue weighted by atomic mass is 16.5. The summed E-state index contributed by atoms with van der Waals surface area (Å²) in [6.45, 7) is 1.84. The molecular formula is C17H24N4O3. The van der Waals surface area contributed by atoms with E-state index in [2.05, 4.69) is 20.5 Å². The van der Waals surface area contributed by atoms with Gasteiger partial charge in [-0.25, -0.2) is 4.98 Å². The first-order chi connectivity index (χ1) is 11.7. The van der Waals surface area contributed by atoms with Crippen LogP contribution in [-0.4, -0.2) is 54.0 Å². The van der Waals surface area contributed by atoms with E-state index in [1.54, 1.807) is 12.1 Å². The van der Waals surface area contributed by atoms with Crippen LogP contribution < -0.4 is 15.4 Å². The van der Waals surface area contributed by atoms with E-state index >= 15 is 0 Å². The maximum atomic E-state index is 12.1. The van der Waals surface area contributed by atoms with Crippen LogP contribution >= 0.6 is 0 Å². The van der Waals surface area contributed by atoms with Crippen molar-refractivity contribution in [1.29, 1.82) is 0 Å². The van der Waals surface area contributed by atoms with Gasteiger partial charge in [-0.2, -0.15) is 0 Å². The summed E-state index contributed by atoms with van der Waals surface area (Å²) in [5, 5.41) is 5.39. The number of ether oxygens (including phenoxy) is 1. The van der Waals surface area contributed by atoms with E-state index < -0.39 is 11.8 Å². The van der Waals surface area contributed by atoms with Gasteiger partial charge in [0, 0.05) is 31.2 Å². The number of hydrogen-bond donors (Lipinski definition) is 2. The highest BCUT2D eigenvalue weighted by Gasteiger charge is 2.31. The number of nitrogens with zero attached hydrogens (tertiary/aromatic N) is 2. The third-order valence-corrected chi connectivity index (χ3v) is 4.81. The highest BCUT2D eigenvalue weighted by molar-refractivity contribution is 6.39. The molecule has 2 fully saturated rings. The first kappa shape index (κ1) is 16.7. The summed E-state index contributed by atoms with van der Waals surface area (Å²) in [5.41, 5.74) is 0.468. The quantitative estimate of drug-likeness (QED) is 0.809. The number of carbonyl (C=O) groups is 2. The Kier molecular flexibility index (Phi) is 5.30. The van der Waals surface area contributed by atoms with Crippen LogP contribution in [0.4, 0.5) is 5.69 Å². The van der Waals surface area contributed by atoms with E-state index in [4.69, 9.17) is 4.74 Å². The molecule has 3 rings (SSSR count). The standard InChI is InChI=1S/C17H24N4O3/c1-24-15-7-6-12(10-18-15)19-16(22)17(23)20-13-8-9-21(11-13)14-4-2-3-5-14/h6-7,10,13-14H,2-5,8-9,11H2,1H3,(H,19,22)(H,20,23)/t13-/m1/s1. The van der Waals surface area contributed by atoms with Crippen LogP contribution in [0.5, 0.6) is 5.88 Å². The van der Waals surface area contributed by atoms with Gasteiger partial charge in [-0.3, -0.25) is 14.5 Å². The second kappa shape index (κ2) is 7.61. The van der Waals surface area contributed by atoms with Gasteiger partial charge in [0.15, 0.2) is 0 Å². The van der Waals surface area contributed by atoms with Gasteiger partial charge in [0.1, 0.15) is 0 Å². The molecule has 0 unspecified atom stereocenters. The molecule has 24 heavy (non-hydrogen) atoms. The van der Waals surface area contributed by atoms with Crippen LogP contribution in [0.3, 0.4) is 0 Å². The zero-order valence-corrected chi connectivity index (χ0v) is 14.0. The fourth-order valence-electron chi connectivity index (χ4n) is 3.52. The molecule has 1 aromatic rings. The van der Waals surface area contributed by atoms with Gasteiger partial charge < -0.3 is 15.4 Å². The molecule has 2 aliphatic rings. The summed E-state index contributed by atoms with van der Waals surface area (Å²) in [4.78, 5) is 30.5. The van der Waals surface area contributed by atoms with Gasteiger partial charge in [0.05, 0.1) is 19.0 Å². The third-order valence-electron chi connectivity index (χ3n) is 4.81. The molecule has 7 heteroatoms. The maximum absolute atomic E-state index is 12.1. The van der Waals surface area contributed by atoms with Crippen molar-refractivity contribution in [1.82, 2.24) is 15.2 Å². The topological polar surface area (TPSA) is 83.6 Å². The first-order valence-corrected chi connectivity index (χ1v) is 8.51. The average Bonchev–Trinajstić information content (AvgIpc) is 3.26. The summed E-state index contributed by atoms with van der Waals surface area (Å²) in [6.07, 6.45) is 7.48. The largest absolute Gasteiger partial charge is 0.481 e. The Balaban J connectivity index is 1.46. The third kappa shape index (κ3) is 4.03. The minimum Gasteiger partial charge on any atom is -0.481 e. The summed E-state index contributed by atoms with van der Waals surface area (Å²) < 4.78 is 4.95. The monoisotopic (exact) mass is 332 g/mol. The van der Waals surface area contributed by atoms with Crippen molar-refractivity contribution in [2.45, 2.75) is 44.2 Å². The minimum absolute atomic E-state index is 0.0536. The van der Waals surface area contributed by atoms with E-state index in [0.717, 1.165) is 19.5 Å². The van der Waals surface area contributed by atoms with Gasteiger partial charge in [-0.15, -0.1) is 0 Å². The van der Waals surface area contributed by atoms with E-state index in [0.29, 0.717) is 17.6 Å². The zero-order chi connectivity index (χ0) is 16.9. The summed E-state index contributed by atoms with van der Waals surface area (Å²) in [6, 6.07) is 3.99. The molecule has 2 amide bonds. The van der Waals surface area contributed by atoms with Crippen LogP contribution in [0.25, 0.3) is 0 Å². The van der Waals surface area contributed by atoms with Gasteiger partial charge in [0.25, 0.3) is 0 Å². The Morgan fingerprint density at radius 1 is 1.21 bits per heavy atom. The maximum Gasteiger partial charge on any atom is 0.313 e. The molecule has 1 atom stereocenters. The number of likely N-dealkylation sites (tertiary alicyclic amines) is 1. The fraction of sp³-hybridized carbons (Fsp3) is 0.588. The van der Waals surface area contributed by atoms with Crippen LogP contribution in [0.2, 0.25) is 0 Å². The second-order valence-electron chi connectivity index (χ2n) is 6.44. The first-order valence-electron chi connectivity index (χ1n) is 8.51. The smallest absolute Gasteiger partial charge is 0.313 e. The van der Waals surface area contributed by atoms with E-state index in [-0.39, 0.29) is 6.04 Å². The van der Waals surface area contributed by atoms with Gasteiger partial charge in [-0.1, -0.05) is 12.8 Å². The lowest BCUT2D eigenvalue weighted by Crippen LogP contribution is -2.43. The Morgan fingerprint density at radius 2 is 2.00 bits per heavy atom. The van der Waals surface area contributed by atoms with Crippen LogP contribution in [0.1, 0.15) is 32.1 Å². The lowest BCUT2D eigenvalue weighted by atomic mass is 10.2. The molecule has 2 heterocycles. The molecular weight excluding hydrogens is 308 g/mol. The van der Waals surface area contributed by atoms with Crippen LogP contribution in [0.15, 0.2) is 18.3 Å². The van der Waals surface area contributed by atoms with Crippen LogP contribution in [-0.2, 0) is 9.59 Å². The predicted molar refractivity (Wildman–Crippen MR) is 89.8 cm³/mol. The summed E-state index contributed by atoms with van der Waals surface area (Å²) in [7, 11) is 1.52. The molecule has 7 nitrogen and oxygen atoms in total. The number of rotatable bonds is 4. The lowest BCUT2D eigenvalue weighted by molar-refractivity contribution is -0.136. The van der Waals surface area contributed by atoms with Gasteiger partial charge in [0.2, 0.25) is 5.88 Å². The molecule has 0 bridgehead atoms. The molecule has 130 valence electrons. The van der Waals surface area contributed by atoms with Gasteiger partial charge >= 0.3 is 11.8 Å². The molecule has 0 spiro atoms. The Morgan fingerprint density at radius 3 is 2.67 bits per heavy atom. The molecule has 0 aromatic carbocycles. The summed E-state index contributed by atoms with van der Waals surface area (Å²) >= 11 is 0. The molecule has 2 N–H and O–H groups in total. The Labute approximate surface area is 141 Å². The normalized spacial score (nSPS) is 21.6. The molecule has 1 saturated heterocycles. The number of carbonyl (C=O) groups excluding carboxylic acids is 2. The highest BCUT2D eigenvalue weighted by Crippen LogP contribution is 2.26. The molecule has 1 saturated carbocycles. The van der Waals surface area contributed by atoms with E-state index in [1.165, 1.54) is 39.0 Å². The number of hydrogen-bond acceptors (Lipinski definition) is 5. The zero-order valence-electron chi connectivity index (χ0n) is 14.0. The molecule has 0 radical (unpaired) electrons. The van der Waals surface area contributed by atoms with Crippen molar-refractivity contribution in [3.63, 3.8) is 0 Å². The molecule has 1 aliphatic heterocycles. The second-order valence-corrected chi connectivity index (χ2v) is 6.44. The van der Waals surface area contributed by atoms with Crippen molar-refractivity contribution < 1.29 is 14.3 Å². The lowest BCUT2D eigenvalue weighted by Gasteiger charge is -2.23. The van der Waals surface area contributed by atoms with Crippen molar-refractivity contribution in [2.24, 2.45) is 0 Å². The average molecular weight is 332 g/mol. The Hall–Kier alpha value is -2.15. The SMILES string of the molecule is COc1ccc(NC(=O)C(=O)N[C@@H]2CCN(C3CCCC3)C2)cn1. The van der Waals surface area contributed by atoms with Crippen molar-refractivity contribution in [3.8, 4) is 5.88 Å². The van der Waals surface area contributed by atoms with Gasteiger partial charge in [-0.05, 0) is 25.3 Å². The number of anilines is 1. The Bertz CT molecular complexity index is 584. The number of nitrogens with one attached hydrogen (secondary N) is 2. The number of methoxy groups -OCH3 is 1. The minimum atomic E-state index is -0.665. The molecule has 1 aromatic heterocycles. The van der Waals surface area contributed by atoms with Crippen molar-refractivity contribution in [3.05, 3.63) is 18.3 Å². The number of aromatic nitrogens is 1. The van der Waals surface area contributed by atoms with Crippen molar-refractivity contribution >= 4 is 17.5 Å². The number of amides is 2. The van der Waals surface area contributed by atoms with Crippen LogP contribution in [0, 0.1) is 0 Å². The van der Waals surface area contributed by atoms with E-state index in [1.807, 2.05) is 0 Å².